The first-order chi connectivity index (χ1) is 16.0. The van der Waals surface area contributed by atoms with Crippen molar-refractivity contribution in [1.82, 2.24) is 24.6 Å². The van der Waals surface area contributed by atoms with Gasteiger partial charge in [-0.2, -0.15) is 0 Å². The lowest BCUT2D eigenvalue weighted by Crippen LogP contribution is -2.47. The third-order valence-corrected chi connectivity index (χ3v) is 6.82. The van der Waals surface area contributed by atoms with E-state index in [9.17, 15) is 9.82 Å². The molecule has 3 aliphatic heterocycles. The van der Waals surface area contributed by atoms with Crippen molar-refractivity contribution >= 4 is 29.8 Å². The summed E-state index contributed by atoms with van der Waals surface area (Å²) < 4.78 is 5.48. The Balaban J connectivity index is 1.56. The van der Waals surface area contributed by atoms with Crippen molar-refractivity contribution < 1.29 is 14.6 Å². The molecule has 33 heavy (non-hydrogen) atoms. The number of anilines is 1. The maximum Gasteiger partial charge on any atom is 0.409 e. The summed E-state index contributed by atoms with van der Waals surface area (Å²) >= 11 is 0. The van der Waals surface area contributed by atoms with Crippen LogP contribution in [-0.4, -0.2) is 102 Å². The summed E-state index contributed by atoms with van der Waals surface area (Å²) in [6.45, 7) is 7.84. The van der Waals surface area contributed by atoms with Crippen LogP contribution < -0.4 is 4.90 Å². The van der Waals surface area contributed by atoms with Crippen LogP contribution in [0.5, 0.6) is 0 Å². The fourth-order valence-electron chi connectivity index (χ4n) is 4.86. The predicted molar refractivity (Wildman–Crippen MR) is 128 cm³/mol. The summed E-state index contributed by atoms with van der Waals surface area (Å²) in [5.74, 6) is 0.847. The Labute approximate surface area is 194 Å². The van der Waals surface area contributed by atoms with Gasteiger partial charge in [-0.05, 0) is 38.6 Å². The van der Waals surface area contributed by atoms with E-state index in [0.717, 1.165) is 62.6 Å². The number of ether oxygens (including phenoxy) is 1. The van der Waals surface area contributed by atoms with Crippen molar-refractivity contribution in [2.75, 3.05) is 64.4 Å². The number of hydrogen-bond donors (Lipinski definition) is 1. The molecule has 1 unspecified atom stereocenters. The summed E-state index contributed by atoms with van der Waals surface area (Å²) in [4.78, 5) is 31.4. The van der Waals surface area contributed by atoms with Gasteiger partial charge in [0.2, 0.25) is 0 Å². The molecule has 1 atom stereocenters. The van der Waals surface area contributed by atoms with Gasteiger partial charge in [-0.25, -0.2) is 4.98 Å². The Bertz CT molecular complexity index is 1050. The Morgan fingerprint density at radius 3 is 2.64 bits per heavy atom. The largest absolute Gasteiger partial charge is 0.432 e. The summed E-state index contributed by atoms with van der Waals surface area (Å²) in [6, 6.07) is 3.74. The highest BCUT2D eigenvalue weighted by molar-refractivity contribution is 6.45. The molecular weight excluding hydrogens is 419 g/mol. The van der Waals surface area contributed by atoms with Crippen LogP contribution in [0.3, 0.4) is 0 Å². The van der Waals surface area contributed by atoms with Crippen LogP contribution in [0.2, 0.25) is 6.82 Å². The number of piperazine rings is 1. The molecule has 2 aromatic rings. The summed E-state index contributed by atoms with van der Waals surface area (Å²) in [6.07, 6.45) is 6.52. The van der Waals surface area contributed by atoms with Crippen molar-refractivity contribution in [1.29, 1.82) is 0 Å². The number of carbonyl (C=O) groups is 1. The van der Waals surface area contributed by atoms with Gasteiger partial charge in [0.1, 0.15) is 5.82 Å². The van der Waals surface area contributed by atoms with Gasteiger partial charge in [-0.15, -0.1) is 0 Å². The zero-order chi connectivity index (χ0) is 22.9. The van der Waals surface area contributed by atoms with E-state index in [1.165, 1.54) is 0 Å². The highest BCUT2D eigenvalue weighted by atomic mass is 16.5. The highest BCUT2D eigenvalue weighted by Gasteiger charge is 2.31. The van der Waals surface area contributed by atoms with E-state index >= 15 is 0 Å². The molecule has 0 aliphatic carbocycles. The number of morpholine rings is 1. The molecule has 2 saturated heterocycles. The van der Waals surface area contributed by atoms with Crippen LogP contribution in [0.25, 0.3) is 11.0 Å². The maximum absolute atomic E-state index is 13.4. The van der Waals surface area contributed by atoms with E-state index in [-0.39, 0.29) is 11.9 Å². The first-order valence-electron chi connectivity index (χ1n) is 11.7. The van der Waals surface area contributed by atoms with Crippen molar-refractivity contribution in [3.8, 4) is 0 Å². The number of likely N-dealkylation sites (N-methyl/N-ethyl adjacent to an activating group) is 1. The fourth-order valence-corrected chi connectivity index (χ4v) is 4.86. The average molecular weight is 450 g/mol. The van der Waals surface area contributed by atoms with Crippen LogP contribution in [0.4, 0.5) is 5.82 Å². The molecule has 0 bridgehead atoms. The highest BCUT2D eigenvalue weighted by Crippen LogP contribution is 2.36. The number of nitrogens with zero attached hydrogens (tertiary/aromatic N) is 6. The molecule has 174 valence electrons. The molecule has 10 heteroatoms. The molecule has 3 aliphatic rings. The number of carbonyl (C=O) groups excluding carboxylic acids is 1. The van der Waals surface area contributed by atoms with E-state index in [2.05, 4.69) is 22.9 Å². The molecule has 0 radical (unpaired) electrons. The van der Waals surface area contributed by atoms with Gasteiger partial charge in [-0.3, -0.25) is 9.78 Å². The minimum Gasteiger partial charge on any atom is -0.432 e. The standard InChI is InChI=1S/C23H31BN6O3/c1-24(32)30-5-3-4-20(30)18-14-17(23(31)29-8-6-27(2)7-9-29)15-19-22(18)26-21(16-25-19)28-10-12-33-13-11-28/h3,5,14-16,20,32H,4,6-13H2,1-2H3. The lowest BCUT2D eigenvalue weighted by molar-refractivity contribution is 0.0664. The molecule has 1 N–H and O–H groups in total. The van der Waals surface area contributed by atoms with Gasteiger partial charge < -0.3 is 29.3 Å². The van der Waals surface area contributed by atoms with Crippen LogP contribution >= 0.6 is 0 Å². The second kappa shape index (κ2) is 9.28. The lowest BCUT2D eigenvalue weighted by Gasteiger charge is -2.33. The third-order valence-electron chi connectivity index (χ3n) is 6.82. The van der Waals surface area contributed by atoms with E-state index in [1.807, 2.05) is 28.0 Å². The van der Waals surface area contributed by atoms with E-state index in [0.29, 0.717) is 24.3 Å². The average Bonchev–Trinajstić information content (AvgIpc) is 3.34. The van der Waals surface area contributed by atoms with E-state index in [4.69, 9.17) is 14.7 Å². The Morgan fingerprint density at radius 1 is 1.15 bits per heavy atom. The molecule has 1 aromatic carbocycles. The molecule has 9 nitrogen and oxygen atoms in total. The second-order valence-electron chi connectivity index (χ2n) is 9.07. The van der Waals surface area contributed by atoms with Gasteiger partial charge >= 0.3 is 7.05 Å². The molecule has 5 rings (SSSR count). The van der Waals surface area contributed by atoms with Crippen LogP contribution in [0.15, 0.2) is 30.6 Å². The second-order valence-corrected chi connectivity index (χ2v) is 9.07. The fraction of sp³-hybridized carbons (Fsp3) is 0.522. The zero-order valence-electron chi connectivity index (χ0n) is 19.4. The van der Waals surface area contributed by atoms with Crippen molar-refractivity contribution in [3.05, 3.63) is 41.7 Å². The van der Waals surface area contributed by atoms with Gasteiger partial charge in [0.15, 0.2) is 0 Å². The van der Waals surface area contributed by atoms with Crippen molar-refractivity contribution in [2.45, 2.75) is 19.3 Å². The number of aromatic nitrogens is 2. The SMILES string of the molecule is CB(O)N1C=CCC1c1cc(C(=O)N2CCN(C)CC2)cc2ncc(N3CCOCC3)nc12. The monoisotopic (exact) mass is 450 g/mol. The quantitative estimate of drug-likeness (QED) is 0.697. The van der Waals surface area contributed by atoms with E-state index in [1.54, 1.807) is 13.0 Å². The molecule has 1 amide bonds. The van der Waals surface area contributed by atoms with Gasteiger partial charge in [0.05, 0.1) is 30.4 Å². The Morgan fingerprint density at radius 2 is 1.91 bits per heavy atom. The minimum absolute atomic E-state index is 0.0276. The van der Waals surface area contributed by atoms with Crippen molar-refractivity contribution in [3.63, 3.8) is 0 Å². The molecule has 4 heterocycles. The Hall–Kier alpha value is -2.69. The number of fused-ring (bicyclic) bond motifs is 1. The number of benzene rings is 1. The van der Waals surface area contributed by atoms with Crippen LogP contribution in [-0.2, 0) is 4.74 Å². The number of amides is 1. The first-order valence-corrected chi connectivity index (χ1v) is 11.7. The lowest BCUT2D eigenvalue weighted by atomic mass is 9.82. The summed E-state index contributed by atoms with van der Waals surface area (Å²) in [5, 5.41) is 10.4. The summed E-state index contributed by atoms with van der Waals surface area (Å²) in [5.41, 5.74) is 3.05. The zero-order valence-corrected chi connectivity index (χ0v) is 19.4. The molecule has 2 fully saturated rings. The third kappa shape index (κ3) is 4.42. The minimum atomic E-state index is -0.642. The van der Waals surface area contributed by atoms with Gasteiger partial charge in [0.25, 0.3) is 5.91 Å². The first kappa shape index (κ1) is 22.1. The van der Waals surface area contributed by atoms with Gasteiger partial charge in [-0.1, -0.05) is 6.08 Å². The maximum atomic E-state index is 13.4. The van der Waals surface area contributed by atoms with Crippen LogP contribution in [0, 0.1) is 0 Å². The molecule has 1 aromatic heterocycles. The molecule has 0 saturated carbocycles. The van der Waals surface area contributed by atoms with Crippen LogP contribution in [0.1, 0.15) is 28.4 Å². The molecular formula is C23H31BN6O3. The topological polar surface area (TPSA) is 85.3 Å². The predicted octanol–water partition coefficient (Wildman–Crippen LogP) is 1.22. The molecule has 0 spiro atoms. The normalized spacial score (nSPS) is 21.8. The number of rotatable bonds is 4. The number of hydrogen-bond acceptors (Lipinski definition) is 8. The summed E-state index contributed by atoms with van der Waals surface area (Å²) in [7, 11) is 1.44. The smallest absolute Gasteiger partial charge is 0.409 e. The van der Waals surface area contributed by atoms with Crippen molar-refractivity contribution in [2.24, 2.45) is 0 Å². The van der Waals surface area contributed by atoms with Gasteiger partial charge in [0, 0.05) is 56.4 Å². The Kier molecular flexibility index (Phi) is 6.22. The van der Waals surface area contributed by atoms with E-state index < -0.39 is 7.05 Å².